The highest BCUT2D eigenvalue weighted by Crippen LogP contribution is 2.38. The summed E-state index contributed by atoms with van der Waals surface area (Å²) in [5.41, 5.74) is 1.02. The second-order valence-electron chi connectivity index (χ2n) is 5.81. The van der Waals surface area contributed by atoms with Crippen molar-refractivity contribution in [3.63, 3.8) is 0 Å². The third kappa shape index (κ3) is 2.24. The van der Waals surface area contributed by atoms with Gasteiger partial charge in [-0.2, -0.15) is 4.98 Å². The van der Waals surface area contributed by atoms with Crippen LogP contribution in [0.4, 0.5) is 0 Å². The highest BCUT2D eigenvalue weighted by atomic mass is 16.5. The molecular weight excluding hydrogens is 256 g/mol. The Hall–Kier alpha value is -1.69. The number of aryl methyl sites for hydroxylation is 1. The molecule has 2 fully saturated rings. The van der Waals surface area contributed by atoms with Gasteiger partial charge in [0.05, 0.1) is 12.6 Å². The lowest BCUT2D eigenvalue weighted by Gasteiger charge is -2.20. The summed E-state index contributed by atoms with van der Waals surface area (Å²) < 4.78 is 10.6. The topological polar surface area (TPSA) is 68.2 Å². The second kappa shape index (κ2) is 4.70. The van der Waals surface area contributed by atoms with Gasteiger partial charge in [-0.25, -0.2) is 0 Å². The van der Waals surface area contributed by atoms with Gasteiger partial charge in [0.25, 0.3) is 0 Å². The molecule has 0 amide bonds. The molecule has 1 saturated carbocycles. The van der Waals surface area contributed by atoms with Gasteiger partial charge >= 0.3 is 0 Å². The van der Waals surface area contributed by atoms with Gasteiger partial charge in [0, 0.05) is 12.0 Å². The minimum absolute atomic E-state index is 0.309. The van der Waals surface area contributed by atoms with Crippen LogP contribution in [-0.2, 0) is 6.54 Å². The number of likely N-dealkylation sites (tertiary alicyclic amines) is 1. The normalized spacial score (nSPS) is 23.6. The van der Waals surface area contributed by atoms with Crippen LogP contribution in [0.3, 0.4) is 0 Å². The van der Waals surface area contributed by atoms with Crippen molar-refractivity contribution in [2.45, 2.75) is 51.1 Å². The van der Waals surface area contributed by atoms with Crippen molar-refractivity contribution >= 4 is 0 Å². The maximum atomic E-state index is 5.37. The predicted molar refractivity (Wildman–Crippen MR) is 69.9 cm³/mol. The molecule has 2 aromatic rings. The standard InChI is InChI=1S/C14H18N4O2/c1-9-7-11(16-19-9)12-3-2-6-18(12)8-13-15-14(17-20-13)10-4-5-10/h7,10,12H,2-6,8H2,1H3/t12-/m0/s1. The van der Waals surface area contributed by atoms with E-state index in [9.17, 15) is 0 Å². The van der Waals surface area contributed by atoms with Crippen molar-refractivity contribution in [2.24, 2.45) is 0 Å². The summed E-state index contributed by atoms with van der Waals surface area (Å²) in [6, 6.07) is 2.33. The third-order valence-corrected chi connectivity index (χ3v) is 4.12. The SMILES string of the molecule is Cc1cc([C@@H]2CCCN2Cc2nc(C3CC3)no2)no1. The quantitative estimate of drug-likeness (QED) is 0.853. The zero-order valence-corrected chi connectivity index (χ0v) is 11.6. The van der Waals surface area contributed by atoms with Crippen molar-refractivity contribution in [2.75, 3.05) is 6.54 Å². The molecular formula is C14H18N4O2. The van der Waals surface area contributed by atoms with E-state index < -0.39 is 0 Å². The molecule has 0 spiro atoms. The summed E-state index contributed by atoms with van der Waals surface area (Å²) >= 11 is 0. The Balaban J connectivity index is 1.48. The molecule has 4 rings (SSSR count). The fourth-order valence-corrected chi connectivity index (χ4v) is 2.91. The first kappa shape index (κ1) is 12.1. The first-order valence-corrected chi connectivity index (χ1v) is 7.29. The van der Waals surface area contributed by atoms with E-state index in [1.165, 1.54) is 19.3 Å². The van der Waals surface area contributed by atoms with Crippen molar-refractivity contribution in [3.05, 3.63) is 29.2 Å². The lowest BCUT2D eigenvalue weighted by atomic mass is 10.1. The Morgan fingerprint density at radius 2 is 2.15 bits per heavy atom. The smallest absolute Gasteiger partial charge is 0.240 e. The van der Waals surface area contributed by atoms with Gasteiger partial charge in [-0.15, -0.1) is 0 Å². The number of aromatic nitrogens is 3. The summed E-state index contributed by atoms with van der Waals surface area (Å²) in [7, 11) is 0. The van der Waals surface area contributed by atoms with Crippen LogP contribution in [0.25, 0.3) is 0 Å². The molecule has 20 heavy (non-hydrogen) atoms. The Bertz CT molecular complexity index is 602. The minimum atomic E-state index is 0.309. The zero-order chi connectivity index (χ0) is 13.5. The molecule has 6 nitrogen and oxygen atoms in total. The monoisotopic (exact) mass is 274 g/mol. The van der Waals surface area contributed by atoms with Crippen molar-refractivity contribution in [1.29, 1.82) is 0 Å². The van der Waals surface area contributed by atoms with Gasteiger partial charge in [0.1, 0.15) is 11.5 Å². The van der Waals surface area contributed by atoms with E-state index >= 15 is 0 Å². The number of nitrogens with zero attached hydrogens (tertiary/aromatic N) is 4. The van der Waals surface area contributed by atoms with E-state index in [4.69, 9.17) is 9.05 Å². The molecule has 1 atom stereocenters. The maximum absolute atomic E-state index is 5.37. The number of rotatable bonds is 4. The van der Waals surface area contributed by atoms with Crippen LogP contribution in [0.2, 0.25) is 0 Å². The Kier molecular flexibility index (Phi) is 2.84. The van der Waals surface area contributed by atoms with Crippen molar-refractivity contribution < 1.29 is 9.05 Å². The van der Waals surface area contributed by atoms with Crippen LogP contribution >= 0.6 is 0 Å². The summed E-state index contributed by atoms with van der Waals surface area (Å²) in [5.74, 6) is 3.01. The number of hydrogen-bond acceptors (Lipinski definition) is 6. The molecule has 0 bridgehead atoms. The van der Waals surface area contributed by atoms with Crippen LogP contribution in [0, 0.1) is 6.92 Å². The second-order valence-corrected chi connectivity index (χ2v) is 5.81. The van der Waals surface area contributed by atoms with Crippen LogP contribution in [0.15, 0.2) is 15.1 Å². The lowest BCUT2D eigenvalue weighted by Crippen LogP contribution is -2.23. The van der Waals surface area contributed by atoms with E-state index in [0.717, 1.165) is 36.1 Å². The Labute approximate surface area is 117 Å². The fourth-order valence-electron chi connectivity index (χ4n) is 2.91. The lowest BCUT2D eigenvalue weighted by molar-refractivity contribution is 0.205. The van der Waals surface area contributed by atoms with E-state index in [-0.39, 0.29) is 0 Å². The molecule has 6 heteroatoms. The minimum Gasteiger partial charge on any atom is -0.361 e. The Morgan fingerprint density at radius 1 is 1.25 bits per heavy atom. The van der Waals surface area contributed by atoms with E-state index in [0.29, 0.717) is 18.5 Å². The molecule has 0 unspecified atom stereocenters. The summed E-state index contributed by atoms with van der Waals surface area (Å²) in [5, 5.41) is 8.22. The van der Waals surface area contributed by atoms with Crippen LogP contribution < -0.4 is 0 Å². The largest absolute Gasteiger partial charge is 0.361 e. The van der Waals surface area contributed by atoms with Gasteiger partial charge < -0.3 is 9.05 Å². The van der Waals surface area contributed by atoms with E-state index in [2.05, 4.69) is 20.2 Å². The molecule has 0 N–H and O–H groups in total. The van der Waals surface area contributed by atoms with Gasteiger partial charge in [-0.3, -0.25) is 4.90 Å². The summed E-state index contributed by atoms with van der Waals surface area (Å²) in [6.07, 6.45) is 4.67. The van der Waals surface area contributed by atoms with Crippen molar-refractivity contribution in [1.82, 2.24) is 20.2 Å². The average molecular weight is 274 g/mol. The van der Waals surface area contributed by atoms with E-state index in [1.54, 1.807) is 0 Å². The summed E-state index contributed by atoms with van der Waals surface area (Å²) in [4.78, 5) is 6.85. The maximum Gasteiger partial charge on any atom is 0.240 e. The van der Waals surface area contributed by atoms with Crippen LogP contribution in [-0.4, -0.2) is 26.7 Å². The summed E-state index contributed by atoms with van der Waals surface area (Å²) in [6.45, 7) is 3.67. The fraction of sp³-hybridized carbons (Fsp3) is 0.643. The van der Waals surface area contributed by atoms with Crippen LogP contribution in [0.5, 0.6) is 0 Å². The molecule has 3 heterocycles. The molecule has 0 aromatic carbocycles. The molecule has 106 valence electrons. The predicted octanol–water partition coefficient (Wildman–Crippen LogP) is 2.58. The molecule has 0 radical (unpaired) electrons. The first-order valence-electron chi connectivity index (χ1n) is 7.29. The third-order valence-electron chi connectivity index (χ3n) is 4.12. The molecule has 2 aliphatic rings. The van der Waals surface area contributed by atoms with Gasteiger partial charge in [0.2, 0.25) is 5.89 Å². The molecule has 1 saturated heterocycles. The average Bonchev–Trinajstić information content (AvgIpc) is 2.86. The Morgan fingerprint density at radius 3 is 2.90 bits per heavy atom. The zero-order valence-electron chi connectivity index (χ0n) is 11.6. The van der Waals surface area contributed by atoms with Gasteiger partial charge in [-0.1, -0.05) is 10.3 Å². The highest BCUT2D eigenvalue weighted by Gasteiger charge is 2.32. The number of hydrogen-bond donors (Lipinski definition) is 0. The molecule has 1 aliphatic heterocycles. The van der Waals surface area contributed by atoms with Gasteiger partial charge in [-0.05, 0) is 39.2 Å². The van der Waals surface area contributed by atoms with Crippen molar-refractivity contribution in [3.8, 4) is 0 Å². The van der Waals surface area contributed by atoms with Gasteiger partial charge in [0.15, 0.2) is 5.82 Å². The highest BCUT2D eigenvalue weighted by molar-refractivity contribution is 5.11. The van der Waals surface area contributed by atoms with E-state index in [1.807, 2.05) is 13.0 Å². The molecule has 1 aliphatic carbocycles. The molecule has 2 aromatic heterocycles. The first-order chi connectivity index (χ1) is 9.79. The van der Waals surface area contributed by atoms with Crippen LogP contribution in [0.1, 0.15) is 60.8 Å².